The Morgan fingerprint density at radius 2 is 1.80 bits per heavy atom. The molecule has 0 saturated heterocycles. The molecule has 5 nitrogen and oxygen atoms in total. The van der Waals surface area contributed by atoms with Gasteiger partial charge in [-0.25, -0.2) is 13.1 Å². The third-order valence-electron chi connectivity index (χ3n) is 3.90. The van der Waals surface area contributed by atoms with Gasteiger partial charge in [0.1, 0.15) is 9.96 Å². The molecule has 158 valence electrons. The molecule has 0 atom stereocenters. The molecular weight excluding hydrogens is 452 g/mol. The highest BCUT2D eigenvalue weighted by molar-refractivity contribution is 8.01. The SMILES string of the molecule is Cc1cc(S(=O)(=O)NC(=O)c2ccc(OC(F)F)cc2)sc1SCc1ccccc1. The summed E-state index contributed by atoms with van der Waals surface area (Å²) >= 11 is 2.61. The number of nitrogens with one attached hydrogen (secondary N) is 1. The topological polar surface area (TPSA) is 72.5 Å². The summed E-state index contributed by atoms with van der Waals surface area (Å²) in [5.41, 5.74) is 1.93. The fourth-order valence-corrected chi connectivity index (χ4v) is 6.32. The van der Waals surface area contributed by atoms with Crippen LogP contribution in [0.5, 0.6) is 5.75 Å². The van der Waals surface area contributed by atoms with Gasteiger partial charge in [0.05, 0.1) is 4.21 Å². The monoisotopic (exact) mass is 469 g/mol. The molecule has 0 aliphatic carbocycles. The van der Waals surface area contributed by atoms with Gasteiger partial charge in [-0.15, -0.1) is 23.1 Å². The average molecular weight is 470 g/mol. The van der Waals surface area contributed by atoms with Crippen LogP contribution in [-0.2, 0) is 15.8 Å². The van der Waals surface area contributed by atoms with Crippen LogP contribution < -0.4 is 9.46 Å². The largest absolute Gasteiger partial charge is 0.435 e. The van der Waals surface area contributed by atoms with E-state index < -0.39 is 22.5 Å². The fourth-order valence-electron chi connectivity index (χ4n) is 2.45. The number of amides is 1. The van der Waals surface area contributed by atoms with Crippen LogP contribution in [0.4, 0.5) is 8.78 Å². The van der Waals surface area contributed by atoms with Crippen molar-refractivity contribution in [2.75, 3.05) is 0 Å². The van der Waals surface area contributed by atoms with Gasteiger partial charge in [0, 0.05) is 11.3 Å². The number of thiophene rings is 1. The lowest BCUT2D eigenvalue weighted by Crippen LogP contribution is -2.30. The van der Waals surface area contributed by atoms with Crippen molar-refractivity contribution in [1.82, 2.24) is 4.72 Å². The molecule has 2 aromatic carbocycles. The van der Waals surface area contributed by atoms with Gasteiger partial charge in [0.15, 0.2) is 0 Å². The standard InChI is InChI=1S/C20H17F2NO4S3/c1-13-11-17(29-19(13)28-12-14-5-3-2-4-6-14)30(25,26)23-18(24)15-7-9-16(10-8-15)27-20(21)22/h2-11,20H,12H2,1H3,(H,23,24). The van der Waals surface area contributed by atoms with Crippen LogP contribution in [0, 0.1) is 6.92 Å². The van der Waals surface area contributed by atoms with Crippen LogP contribution in [0.3, 0.4) is 0 Å². The van der Waals surface area contributed by atoms with Gasteiger partial charge in [-0.2, -0.15) is 8.78 Å². The summed E-state index contributed by atoms with van der Waals surface area (Å²) in [7, 11) is -4.07. The van der Waals surface area contributed by atoms with Crippen LogP contribution in [0.25, 0.3) is 0 Å². The minimum atomic E-state index is -4.07. The molecule has 1 aromatic heterocycles. The molecule has 10 heteroatoms. The third-order valence-corrected chi connectivity index (χ3v) is 8.40. The maximum absolute atomic E-state index is 12.6. The number of sulfonamides is 1. The molecule has 0 aliphatic heterocycles. The average Bonchev–Trinajstić information content (AvgIpc) is 3.08. The minimum Gasteiger partial charge on any atom is -0.435 e. The van der Waals surface area contributed by atoms with Crippen molar-refractivity contribution >= 4 is 39.0 Å². The molecule has 1 N–H and O–H groups in total. The van der Waals surface area contributed by atoms with E-state index in [1.54, 1.807) is 0 Å². The Morgan fingerprint density at radius 3 is 2.43 bits per heavy atom. The number of alkyl halides is 2. The lowest BCUT2D eigenvalue weighted by atomic mass is 10.2. The predicted octanol–water partition coefficient (Wildman–Crippen LogP) is 5.07. The van der Waals surface area contributed by atoms with Crippen LogP contribution in [0.2, 0.25) is 0 Å². The first-order chi connectivity index (χ1) is 14.2. The molecule has 1 heterocycles. The number of ether oxygens (including phenoxy) is 1. The molecule has 0 fully saturated rings. The summed E-state index contributed by atoms with van der Waals surface area (Å²) in [6.45, 7) is -1.17. The summed E-state index contributed by atoms with van der Waals surface area (Å²) in [6.07, 6.45) is 0. The lowest BCUT2D eigenvalue weighted by molar-refractivity contribution is -0.0498. The molecule has 0 radical (unpaired) electrons. The predicted molar refractivity (Wildman–Crippen MR) is 113 cm³/mol. The first-order valence-corrected chi connectivity index (χ1v) is 11.9. The zero-order valence-corrected chi connectivity index (χ0v) is 18.1. The Bertz CT molecular complexity index is 1110. The van der Waals surface area contributed by atoms with Crippen molar-refractivity contribution in [1.29, 1.82) is 0 Å². The number of hydrogen-bond donors (Lipinski definition) is 1. The molecule has 3 rings (SSSR count). The zero-order chi connectivity index (χ0) is 21.7. The number of carbonyl (C=O) groups is 1. The van der Waals surface area contributed by atoms with Gasteiger partial charge in [-0.3, -0.25) is 4.79 Å². The third kappa shape index (κ3) is 5.80. The van der Waals surface area contributed by atoms with E-state index in [1.807, 2.05) is 42.0 Å². The summed E-state index contributed by atoms with van der Waals surface area (Å²) in [6, 6.07) is 16.1. The van der Waals surface area contributed by atoms with Crippen molar-refractivity contribution in [3.05, 3.63) is 77.4 Å². The van der Waals surface area contributed by atoms with Gasteiger partial charge in [0.2, 0.25) is 0 Å². The number of benzene rings is 2. The Labute approximate surface area is 181 Å². The van der Waals surface area contributed by atoms with Gasteiger partial charge in [-0.05, 0) is 48.4 Å². The van der Waals surface area contributed by atoms with Crippen LogP contribution in [0.15, 0.2) is 69.1 Å². The van der Waals surface area contributed by atoms with Crippen molar-refractivity contribution in [2.24, 2.45) is 0 Å². The Balaban J connectivity index is 1.68. The summed E-state index contributed by atoms with van der Waals surface area (Å²) in [4.78, 5) is 12.3. The maximum Gasteiger partial charge on any atom is 0.387 e. The second-order valence-electron chi connectivity index (χ2n) is 6.15. The molecule has 0 bridgehead atoms. The van der Waals surface area contributed by atoms with Gasteiger partial charge < -0.3 is 4.74 Å². The number of halogens is 2. The van der Waals surface area contributed by atoms with Crippen LogP contribution in [0.1, 0.15) is 21.5 Å². The smallest absolute Gasteiger partial charge is 0.387 e. The van der Waals surface area contributed by atoms with E-state index in [2.05, 4.69) is 4.74 Å². The number of rotatable bonds is 8. The van der Waals surface area contributed by atoms with Gasteiger partial charge in [0.25, 0.3) is 15.9 Å². The Kier molecular flexibility index (Phi) is 7.11. The minimum absolute atomic E-state index is 0.00662. The number of thioether (sulfide) groups is 1. The number of hydrogen-bond acceptors (Lipinski definition) is 6. The first kappa shape index (κ1) is 22.3. The van der Waals surface area contributed by atoms with Crippen molar-refractivity contribution in [3.63, 3.8) is 0 Å². The van der Waals surface area contributed by atoms with E-state index in [-0.39, 0.29) is 15.5 Å². The van der Waals surface area contributed by atoms with Crippen molar-refractivity contribution in [3.8, 4) is 5.75 Å². The molecule has 0 saturated carbocycles. The summed E-state index contributed by atoms with van der Waals surface area (Å²) < 4.78 is 56.7. The number of aryl methyl sites for hydroxylation is 1. The van der Waals surface area contributed by atoms with Crippen molar-refractivity contribution < 1.29 is 26.7 Å². The van der Waals surface area contributed by atoms with Gasteiger partial charge in [-0.1, -0.05) is 30.3 Å². The molecule has 0 spiro atoms. The van der Waals surface area contributed by atoms with Crippen LogP contribution >= 0.6 is 23.1 Å². The van der Waals surface area contributed by atoms with E-state index in [1.165, 1.54) is 42.1 Å². The zero-order valence-electron chi connectivity index (χ0n) is 15.7. The fraction of sp³-hybridized carbons (Fsp3) is 0.150. The summed E-state index contributed by atoms with van der Waals surface area (Å²) in [5.74, 6) is -0.289. The molecule has 3 aromatic rings. The second kappa shape index (κ2) is 9.59. The highest BCUT2D eigenvalue weighted by Gasteiger charge is 2.22. The Hall–Kier alpha value is -2.43. The highest BCUT2D eigenvalue weighted by Crippen LogP contribution is 2.35. The molecule has 30 heavy (non-hydrogen) atoms. The molecular formula is C20H17F2NO4S3. The lowest BCUT2D eigenvalue weighted by Gasteiger charge is -2.07. The van der Waals surface area contributed by atoms with E-state index in [9.17, 15) is 22.0 Å². The van der Waals surface area contributed by atoms with E-state index in [0.717, 1.165) is 26.7 Å². The highest BCUT2D eigenvalue weighted by atomic mass is 32.3. The summed E-state index contributed by atoms with van der Waals surface area (Å²) in [5, 5.41) is 0. The maximum atomic E-state index is 12.6. The normalized spacial score (nSPS) is 11.5. The van der Waals surface area contributed by atoms with E-state index in [0.29, 0.717) is 5.75 Å². The molecule has 0 unspecified atom stereocenters. The Morgan fingerprint density at radius 1 is 1.13 bits per heavy atom. The van der Waals surface area contributed by atoms with E-state index >= 15 is 0 Å². The van der Waals surface area contributed by atoms with Gasteiger partial charge >= 0.3 is 6.61 Å². The molecule has 1 amide bonds. The van der Waals surface area contributed by atoms with Crippen LogP contribution in [-0.4, -0.2) is 20.9 Å². The quantitative estimate of drug-likeness (QED) is 0.467. The second-order valence-corrected chi connectivity index (χ2v) is 10.4. The van der Waals surface area contributed by atoms with Crippen molar-refractivity contribution in [2.45, 2.75) is 27.7 Å². The first-order valence-electron chi connectivity index (χ1n) is 8.64. The van der Waals surface area contributed by atoms with E-state index in [4.69, 9.17) is 0 Å². The molecule has 0 aliphatic rings. The number of carbonyl (C=O) groups excluding carboxylic acids is 1.